The van der Waals surface area contributed by atoms with Gasteiger partial charge in [0, 0.05) is 25.1 Å². The van der Waals surface area contributed by atoms with Crippen LogP contribution in [0.5, 0.6) is 0 Å². The van der Waals surface area contributed by atoms with Crippen molar-refractivity contribution in [3.8, 4) is 0 Å². The Morgan fingerprint density at radius 3 is 2.89 bits per heavy atom. The zero-order chi connectivity index (χ0) is 13.4. The van der Waals surface area contributed by atoms with Gasteiger partial charge in [0.1, 0.15) is 5.76 Å². The topological polar surface area (TPSA) is 58.4 Å². The molecule has 3 rings (SSSR count). The minimum Gasteiger partial charge on any atom is -0.360 e. The van der Waals surface area contributed by atoms with Crippen molar-refractivity contribution in [3.63, 3.8) is 0 Å². The van der Waals surface area contributed by atoms with Crippen molar-refractivity contribution < 1.29 is 18.1 Å². The first-order chi connectivity index (χ1) is 9.11. The van der Waals surface area contributed by atoms with Gasteiger partial charge in [-0.2, -0.15) is 0 Å². The molecular formula is C12H15F2N3O2. The third kappa shape index (κ3) is 2.91. The van der Waals surface area contributed by atoms with Crippen molar-refractivity contribution in [2.45, 2.75) is 31.2 Å². The number of rotatable bonds is 5. The molecule has 2 heterocycles. The summed E-state index contributed by atoms with van der Waals surface area (Å²) >= 11 is 0. The Morgan fingerprint density at radius 2 is 2.26 bits per heavy atom. The maximum atomic E-state index is 12.1. The summed E-state index contributed by atoms with van der Waals surface area (Å²) in [7, 11) is 0. The third-order valence-corrected chi connectivity index (χ3v) is 3.43. The van der Waals surface area contributed by atoms with Gasteiger partial charge in [-0.25, -0.2) is 8.78 Å². The minimum atomic E-state index is -2.33. The molecule has 1 aliphatic heterocycles. The first kappa shape index (κ1) is 12.5. The molecule has 1 saturated carbocycles. The SMILES string of the molecule is O=C(NC1CN(CC(F)F)C1)c1cc(C2CC2)on1. The Morgan fingerprint density at radius 1 is 1.53 bits per heavy atom. The van der Waals surface area contributed by atoms with Crippen molar-refractivity contribution in [2.75, 3.05) is 19.6 Å². The molecule has 1 aliphatic carbocycles. The van der Waals surface area contributed by atoms with E-state index in [9.17, 15) is 13.6 Å². The van der Waals surface area contributed by atoms with E-state index in [2.05, 4.69) is 10.5 Å². The molecular weight excluding hydrogens is 256 g/mol. The quantitative estimate of drug-likeness (QED) is 0.875. The Labute approximate surface area is 108 Å². The number of nitrogens with zero attached hydrogens (tertiary/aromatic N) is 2. The van der Waals surface area contributed by atoms with E-state index < -0.39 is 6.43 Å². The van der Waals surface area contributed by atoms with E-state index >= 15 is 0 Å². The van der Waals surface area contributed by atoms with E-state index in [-0.39, 0.29) is 24.2 Å². The van der Waals surface area contributed by atoms with Crippen LogP contribution in [0.15, 0.2) is 10.6 Å². The maximum Gasteiger partial charge on any atom is 0.273 e. The average Bonchev–Trinajstić information content (AvgIpc) is 3.03. The monoisotopic (exact) mass is 271 g/mol. The zero-order valence-corrected chi connectivity index (χ0v) is 10.3. The summed E-state index contributed by atoms with van der Waals surface area (Å²) in [5.74, 6) is 0.884. The minimum absolute atomic E-state index is 0.0766. The molecule has 0 aromatic carbocycles. The van der Waals surface area contributed by atoms with Crippen LogP contribution in [0.2, 0.25) is 0 Å². The van der Waals surface area contributed by atoms with Crippen molar-refractivity contribution >= 4 is 5.91 Å². The molecule has 1 N–H and O–H groups in total. The molecule has 19 heavy (non-hydrogen) atoms. The molecule has 7 heteroatoms. The second-order valence-corrected chi connectivity index (χ2v) is 5.17. The molecule has 0 atom stereocenters. The van der Waals surface area contributed by atoms with Crippen LogP contribution in [-0.4, -0.2) is 48.1 Å². The highest BCUT2D eigenvalue weighted by molar-refractivity contribution is 5.92. The molecule has 104 valence electrons. The van der Waals surface area contributed by atoms with Gasteiger partial charge >= 0.3 is 0 Å². The highest BCUT2D eigenvalue weighted by atomic mass is 19.3. The highest BCUT2D eigenvalue weighted by Gasteiger charge is 2.32. The van der Waals surface area contributed by atoms with Crippen molar-refractivity contribution in [3.05, 3.63) is 17.5 Å². The number of aromatic nitrogens is 1. The number of amides is 1. The van der Waals surface area contributed by atoms with Crippen LogP contribution in [0.1, 0.15) is 35.0 Å². The van der Waals surface area contributed by atoms with Gasteiger partial charge in [-0.05, 0) is 12.8 Å². The van der Waals surface area contributed by atoms with Crippen molar-refractivity contribution in [1.29, 1.82) is 0 Å². The fourth-order valence-corrected chi connectivity index (χ4v) is 2.22. The Hall–Kier alpha value is -1.50. The van der Waals surface area contributed by atoms with Crippen LogP contribution < -0.4 is 5.32 Å². The summed E-state index contributed by atoms with van der Waals surface area (Å²) in [4.78, 5) is 13.4. The van der Waals surface area contributed by atoms with Gasteiger partial charge in [0.25, 0.3) is 12.3 Å². The molecule has 0 radical (unpaired) electrons. The van der Waals surface area contributed by atoms with Gasteiger partial charge in [-0.3, -0.25) is 9.69 Å². The number of alkyl halides is 2. The number of hydrogen-bond donors (Lipinski definition) is 1. The number of nitrogens with one attached hydrogen (secondary N) is 1. The fourth-order valence-electron chi connectivity index (χ4n) is 2.22. The normalized spacial score (nSPS) is 20.6. The summed E-state index contributed by atoms with van der Waals surface area (Å²) < 4.78 is 29.3. The molecule has 5 nitrogen and oxygen atoms in total. The molecule has 1 saturated heterocycles. The molecule has 0 spiro atoms. The van der Waals surface area contributed by atoms with Gasteiger partial charge in [0.15, 0.2) is 5.69 Å². The summed E-state index contributed by atoms with van der Waals surface area (Å²) in [6.45, 7) is 0.689. The lowest BCUT2D eigenvalue weighted by molar-refractivity contribution is 0.0378. The van der Waals surface area contributed by atoms with Crippen LogP contribution in [0.25, 0.3) is 0 Å². The summed E-state index contributed by atoms with van der Waals surface area (Å²) in [6, 6.07) is 1.59. The summed E-state index contributed by atoms with van der Waals surface area (Å²) in [5, 5.41) is 6.50. The van der Waals surface area contributed by atoms with Crippen LogP contribution in [0.3, 0.4) is 0 Å². The van der Waals surface area contributed by atoms with E-state index in [4.69, 9.17) is 4.52 Å². The second-order valence-electron chi connectivity index (χ2n) is 5.17. The zero-order valence-electron chi connectivity index (χ0n) is 10.3. The van der Waals surface area contributed by atoms with E-state index in [1.165, 1.54) is 0 Å². The van der Waals surface area contributed by atoms with Crippen LogP contribution >= 0.6 is 0 Å². The van der Waals surface area contributed by atoms with E-state index in [0.717, 1.165) is 18.6 Å². The average molecular weight is 271 g/mol. The number of carbonyl (C=O) groups is 1. The maximum absolute atomic E-state index is 12.1. The van der Waals surface area contributed by atoms with Gasteiger partial charge in [-0.15, -0.1) is 0 Å². The molecule has 1 aromatic heterocycles. The molecule has 0 unspecified atom stereocenters. The lowest BCUT2D eigenvalue weighted by atomic mass is 10.1. The Bertz CT molecular complexity index is 467. The summed E-state index contributed by atoms with van der Waals surface area (Å²) in [5.41, 5.74) is 0.272. The molecule has 1 amide bonds. The number of carbonyl (C=O) groups excluding carboxylic acids is 1. The highest BCUT2D eigenvalue weighted by Crippen LogP contribution is 2.40. The largest absolute Gasteiger partial charge is 0.360 e. The predicted octanol–water partition coefficient (Wildman–Crippen LogP) is 1.23. The first-order valence-electron chi connectivity index (χ1n) is 6.40. The lowest BCUT2D eigenvalue weighted by Gasteiger charge is -2.39. The van der Waals surface area contributed by atoms with Gasteiger partial charge in [0.05, 0.1) is 12.6 Å². The Kier molecular flexibility index (Phi) is 3.22. The van der Waals surface area contributed by atoms with E-state index in [1.807, 2.05) is 0 Å². The third-order valence-electron chi connectivity index (χ3n) is 3.43. The Balaban J connectivity index is 1.46. The van der Waals surface area contributed by atoms with Crippen LogP contribution in [0.4, 0.5) is 8.78 Å². The van der Waals surface area contributed by atoms with E-state index in [0.29, 0.717) is 19.0 Å². The van der Waals surface area contributed by atoms with Crippen LogP contribution in [-0.2, 0) is 0 Å². The summed E-state index contributed by atoms with van der Waals surface area (Å²) in [6.07, 6.45) is -0.156. The van der Waals surface area contributed by atoms with Gasteiger partial charge < -0.3 is 9.84 Å². The lowest BCUT2D eigenvalue weighted by Crippen LogP contribution is -2.60. The molecule has 0 bridgehead atoms. The van der Waals surface area contributed by atoms with Gasteiger partial charge in [-0.1, -0.05) is 5.16 Å². The fraction of sp³-hybridized carbons (Fsp3) is 0.667. The van der Waals surface area contributed by atoms with Crippen molar-refractivity contribution in [2.24, 2.45) is 0 Å². The standard InChI is InChI=1S/C12H15F2N3O2/c13-11(14)6-17-4-8(5-17)15-12(18)9-3-10(19-16-9)7-1-2-7/h3,7-8,11H,1-2,4-6H2,(H,15,18). The molecule has 1 aromatic rings. The number of halogens is 2. The van der Waals surface area contributed by atoms with Crippen molar-refractivity contribution in [1.82, 2.24) is 15.4 Å². The second kappa shape index (κ2) is 4.88. The molecule has 2 aliphatic rings. The van der Waals surface area contributed by atoms with Gasteiger partial charge in [0.2, 0.25) is 0 Å². The predicted molar refractivity (Wildman–Crippen MR) is 62.2 cm³/mol. The van der Waals surface area contributed by atoms with Crippen LogP contribution in [0, 0.1) is 0 Å². The number of hydrogen-bond acceptors (Lipinski definition) is 4. The molecule has 2 fully saturated rings. The smallest absolute Gasteiger partial charge is 0.273 e. The number of likely N-dealkylation sites (tertiary alicyclic amines) is 1. The first-order valence-corrected chi connectivity index (χ1v) is 6.40. The van der Waals surface area contributed by atoms with E-state index in [1.54, 1.807) is 11.0 Å².